The molecule has 0 amide bonds. The fourth-order valence-corrected chi connectivity index (χ4v) is 1.68. The maximum atomic E-state index is 13.3. The molecule has 0 unspecified atom stereocenters. The van der Waals surface area contributed by atoms with E-state index in [1.807, 2.05) is 0 Å². The van der Waals surface area contributed by atoms with E-state index in [0.29, 0.717) is 22.8 Å². The molecule has 0 aliphatic rings. The summed E-state index contributed by atoms with van der Waals surface area (Å²) in [6.45, 7) is 1.78. The van der Waals surface area contributed by atoms with Gasteiger partial charge in [-0.1, -0.05) is 0 Å². The van der Waals surface area contributed by atoms with Crippen molar-refractivity contribution in [3.05, 3.63) is 29.6 Å². The summed E-state index contributed by atoms with van der Waals surface area (Å²) in [5.41, 5.74) is 7.49. The molecule has 0 spiro atoms. The molecule has 0 radical (unpaired) electrons. The van der Waals surface area contributed by atoms with Crippen molar-refractivity contribution in [2.75, 3.05) is 12.8 Å². The average Bonchev–Trinajstić information content (AvgIpc) is 2.63. The third-order valence-electron chi connectivity index (χ3n) is 2.33. The van der Waals surface area contributed by atoms with Crippen LogP contribution in [0.1, 0.15) is 5.56 Å². The number of halogens is 1. The first-order valence-electron chi connectivity index (χ1n) is 4.77. The summed E-state index contributed by atoms with van der Waals surface area (Å²) in [7, 11) is 1.55. The zero-order valence-electron chi connectivity index (χ0n) is 9.04. The van der Waals surface area contributed by atoms with Gasteiger partial charge in [0.15, 0.2) is 0 Å². The maximum absolute atomic E-state index is 13.3. The number of rotatable bonds is 2. The molecule has 2 rings (SSSR count). The SMILES string of the molecule is COc1c(C)cc(F)cc1-c1cc(N)n[nH]1. The maximum Gasteiger partial charge on any atom is 0.145 e. The van der Waals surface area contributed by atoms with Crippen LogP contribution in [0.3, 0.4) is 0 Å². The highest BCUT2D eigenvalue weighted by atomic mass is 19.1. The Morgan fingerprint density at radius 1 is 1.38 bits per heavy atom. The Labute approximate surface area is 92.2 Å². The van der Waals surface area contributed by atoms with Gasteiger partial charge in [-0.25, -0.2) is 4.39 Å². The first kappa shape index (κ1) is 10.5. The van der Waals surface area contributed by atoms with Crippen LogP contribution in [0.4, 0.5) is 10.2 Å². The molecule has 1 aromatic carbocycles. The molecule has 0 bridgehead atoms. The summed E-state index contributed by atoms with van der Waals surface area (Å²) in [5.74, 6) is 0.658. The number of aromatic amines is 1. The van der Waals surface area contributed by atoms with Crippen molar-refractivity contribution in [3.63, 3.8) is 0 Å². The van der Waals surface area contributed by atoms with Crippen LogP contribution in [-0.2, 0) is 0 Å². The van der Waals surface area contributed by atoms with Gasteiger partial charge in [-0.2, -0.15) is 5.10 Å². The van der Waals surface area contributed by atoms with E-state index in [-0.39, 0.29) is 5.82 Å². The minimum atomic E-state index is -0.318. The van der Waals surface area contributed by atoms with E-state index in [2.05, 4.69) is 10.2 Å². The van der Waals surface area contributed by atoms with Gasteiger partial charge in [0.2, 0.25) is 0 Å². The Bertz CT molecular complexity index is 522. The minimum Gasteiger partial charge on any atom is -0.496 e. The number of ether oxygens (including phenoxy) is 1. The van der Waals surface area contributed by atoms with E-state index >= 15 is 0 Å². The second-order valence-corrected chi connectivity index (χ2v) is 3.51. The van der Waals surface area contributed by atoms with E-state index in [4.69, 9.17) is 10.5 Å². The normalized spacial score (nSPS) is 10.4. The third-order valence-corrected chi connectivity index (χ3v) is 2.33. The van der Waals surface area contributed by atoms with Crippen molar-refractivity contribution < 1.29 is 9.13 Å². The molecule has 0 saturated carbocycles. The van der Waals surface area contributed by atoms with Crippen LogP contribution < -0.4 is 10.5 Å². The monoisotopic (exact) mass is 221 g/mol. The first-order chi connectivity index (χ1) is 7.61. The number of methoxy groups -OCH3 is 1. The molecule has 4 nitrogen and oxygen atoms in total. The molecule has 3 N–H and O–H groups in total. The summed E-state index contributed by atoms with van der Waals surface area (Å²) >= 11 is 0. The van der Waals surface area contributed by atoms with E-state index in [1.165, 1.54) is 12.1 Å². The van der Waals surface area contributed by atoms with Crippen LogP contribution in [0, 0.1) is 12.7 Å². The van der Waals surface area contributed by atoms with E-state index in [1.54, 1.807) is 20.1 Å². The highest BCUT2D eigenvalue weighted by molar-refractivity contribution is 5.70. The number of nitrogen functional groups attached to an aromatic ring is 1. The molecule has 2 aromatic rings. The molecule has 1 aromatic heterocycles. The van der Waals surface area contributed by atoms with Gasteiger partial charge in [0, 0.05) is 11.6 Å². The van der Waals surface area contributed by atoms with Gasteiger partial charge in [0.1, 0.15) is 17.4 Å². The second kappa shape index (κ2) is 3.84. The number of anilines is 1. The molecular weight excluding hydrogens is 209 g/mol. The Morgan fingerprint density at radius 2 is 2.12 bits per heavy atom. The Balaban J connectivity index is 2.63. The molecule has 16 heavy (non-hydrogen) atoms. The number of benzene rings is 1. The Kier molecular flexibility index (Phi) is 2.52. The Hall–Kier alpha value is -2.04. The lowest BCUT2D eigenvalue weighted by Gasteiger charge is -2.09. The molecule has 0 fully saturated rings. The highest BCUT2D eigenvalue weighted by Crippen LogP contribution is 2.33. The molecule has 0 aliphatic heterocycles. The smallest absolute Gasteiger partial charge is 0.145 e. The molecule has 84 valence electrons. The van der Waals surface area contributed by atoms with Crippen molar-refractivity contribution in [1.29, 1.82) is 0 Å². The van der Waals surface area contributed by atoms with E-state index in [0.717, 1.165) is 5.56 Å². The zero-order valence-corrected chi connectivity index (χ0v) is 9.04. The lowest BCUT2D eigenvalue weighted by molar-refractivity contribution is 0.412. The number of hydrogen-bond donors (Lipinski definition) is 2. The zero-order chi connectivity index (χ0) is 11.7. The third kappa shape index (κ3) is 1.71. The van der Waals surface area contributed by atoms with Crippen molar-refractivity contribution in [3.8, 4) is 17.0 Å². The number of nitrogens with two attached hydrogens (primary N) is 1. The van der Waals surface area contributed by atoms with Crippen LogP contribution in [0.25, 0.3) is 11.3 Å². The number of hydrogen-bond acceptors (Lipinski definition) is 3. The van der Waals surface area contributed by atoms with E-state index in [9.17, 15) is 4.39 Å². The molecule has 5 heteroatoms. The van der Waals surface area contributed by atoms with Crippen molar-refractivity contribution in [1.82, 2.24) is 10.2 Å². The molecule has 0 aliphatic carbocycles. The van der Waals surface area contributed by atoms with Crippen molar-refractivity contribution >= 4 is 5.82 Å². The summed E-state index contributed by atoms with van der Waals surface area (Å²) in [4.78, 5) is 0. The lowest BCUT2D eigenvalue weighted by atomic mass is 10.1. The number of aryl methyl sites for hydroxylation is 1. The Morgan fingerprint density at radius 3 is 2.69 bits per heavy atom. The van der Waals surface area contributed by atoms with Gasteiger partial charge >= 0.3 is 0 Å². The number of nitrogens with zero attached hydrogens (tertiary/aromatic N) is 1. The summed E-state index contributed by atoms with van der Waals surface area (Å²) in [6, 6.07) is 4.44. The standard InChI is InChI=1S/C11H12FN3O/c1-6-3-7(12)4-8(11(6)16-2)9-5-10(13)15-14-9/h3-5H,1-2H3,(H3,13,14,15). The fraction of sp³-hybridized carbons (Fsp3) is 0.182. The lowest BCUT2D eigenvalue weighted by Crippen LogP contribution is -1.93. The first-order valence-corrected chi connectivity index (χ1v) is 4.77. The largest absolute Gasteiger partial charge is 0.496 e. The van der Waals surface area contributed by atoms with Crippen LogP contribution in [0.15, 0.2) is 18.2 Å². The van der Waals surface area contributed by atoms with Crippen LogP contribution in [-0.4, -0.2) is 17.3 Å². The predicted molar refractivity (Wildman–Crippen MR) is 59.7 cm³/mol. The molecule has 0 atom stereocenters. The van der Waals surface area contributed by atoms with Crippen LogP contribution >= 0.6 is 0 Å². The van der Waals surface area contributed by atoms with Crippen LogP contribution in [0.5, 0.6) is 5.75 Å². The topological polar surface area (TPSA) is 63.9 Å². The van der Waals surface area contributed by atoms with Crippen molar-refractivity contribution in [2.24, 2.45) is 0 Å². The van der Waals surface area contributed by atoms with Gasteiger partial charge in [0.25, 0.3) is 0 Å². The summed E-state index contributed by atoms with van der Waals surface area (Å²) in [6.07, 6.45) is 0. The van der Waals surface area contributed by atoms with Gasteiger partial charge in [-0.3, -0.25) is 5.10 Å². The predicted octanol–water partition coefficient (Wildman–Crippen LogP) is 2.12. The second-order valence-electron chi connectivity index (χ2n) is 3.51. The minimum absolute atomic E-state index is 0.318. The number of nitrogens with one attached hydrogen (secondary N) is 1. The van der Waals surface area contributed by atoms with Crippen molar-refractivity contribution in [2.45, 2.75) is 6.92 Å². The quantitative estimate of drug-likeness (QED) is 0.816. The fourth-order valence-electron chi connectivity index (χ4n) is 1.68. The highest BCUT2D eigenvalue weighted by Gasteiger charge is 2.12. The molecule has 0 saturated heterocycles. The number of H-pyrrole nitrogens is 1. The van der Waals surface area contributed by atoms with Gasteiger partial charge in [-0.15, -0.1) is 0 Å². The molecule has 1 heterocycles. The van der Waals surface area contributed by atoms with E-state index < -0.39 is 0 Å². The van der Waals surface area contributed by atoms with Gasteiger partial charge in [0.05, 0.1) is 12.8 Å². The number of aromatic nitrogens is 2. The van der Waals surface area contributed by atoms with Gasteiger partial charge < -0.3 is 10.5 Å². The van der Waals surface area contributed by atoms with Gasteiger partial charge in [-0.05, 0) is 24.6 Å². The summed E-state index contributed by atoms with van der Waals surface area (Å²) < 4.78 is 18.6. The average molecular weight is 221 g/mol. The van der Waals surface area contributed by atoms with Crippen LogP contribution in [0.2, 0.25) is 0 Å². The summed E-state index contributed by atoms with van der Waals surface area (Å²) in [5, 5.41) is 6.53. The molecular formula is C11H12FN3O.